The molecule has 0 saturated carbocycles. The summed E-state index contributed by atoms with van der Waals surface area (Å²) in [5, 5.41) is 6.11. The molecule has 130 valence electrons. The summed E-state index contributed by atoms with van der Waals surface area (Å²) in [5.74, 6) is 0.981. The van der Waals surface area contributed by atoms with Crippen LogP contribution >= 0.6 is 23.1 Å². The molecule has 4 rings (SSSR count). The number of carbonyl (C=O) groups is 1. The van der Waals surface area contributed by atoms with E-state index in [1.165, 1.54) is 23.1 Å². The number of hydrogen-bond acceptors (Lipinski definition) is 6. The van der Waals surface area contributed by atoms with Crippen molar-refractivity contribution in [3.63, 3.8) is 0 Å². The van der Waals surface area contributed by atoms with Gasteiger partial charge in [-0.3, -0.25) is 4.79 Å². The zero-order valence-corrected chi connectivity index (χ0v) is 15.5. The van der Waals surface area contributed by atoms with Crippen LogP contribution in [0.15, 0.2) is 53.0 Å². The molecule has 1 amide bonds. The smallest absolute Gasteiger partial charge is 0.236 e. The minimum Gasteiger partial charge on any atom is -0.338 e. The number of thioether (sulfide) groups is 1. The summed E-state index contributed by atoms with van der Waals surface area (Å²) in [6, 6.07) is 11.7. The number of rotatable bonds is 5. The highest BCUT2D eigenvalue weighted by Gasteiger charge is 2.08. The van der Waals surface area contributed by atoms with Crippen molar-refractivity contribution in [1.29, 1.82) is 0 Å². The van der Waals surface area contributed by atoms with Gasteiger partial charge in [0.25, 0.3) is 0 Å². The molecule has 0 radical (unpaired) electrons. The van der Waals surface area contributed by atoms with Gasteiger partial charge in [-0.15, -0.1) is 11.3 Å². The molecule has 8 heteroatoms. The fraction of sp³-hybridized carbons (Fsp3) is 0.111. The summed E-state index contributed by atoms with van der Waals surface area (Å²) in [5.41, 5.74) is 3.74. The number of aromatic amines is 1. The number of hydrogen-bond donors (Lipinski definition) is 2. The Morgan fingerprint density at radius 3 is 2.85 bits per heavy atom. The normalized spacial score (nSPS) is 11.0. The number of pyridine rings is 1. The van der Waals surface area contributed by atoms with Gasteiger partial charge >= 0.3 is 0 Å². The second-order valence-corrected chi connectivity index (χ2v) is 7.47. The first kappa shape index (κ1) is 16.7. The van der Waals surface area contributed by atoms with Crippen molar-refractivity contribution >= 4 is 45.2 Å². The summed E-state index contributed by atoms with van der Waals surface area (Å²) in [6.07, 6.45) is 1.77. The van der Waals surface area contributed by atoms with Crippen LogP contribution in [0, 0.1) is 6.92 Å². The number of nitrogens with one attached hydrogen (secondary N) is 2. The molecule has 0 fully saturated rings. The van der Waals surface area contributed by atoms with Crippen LogP contribution in [-0.2, 0) is 4.79 Å². The highest BCUT2D eigenvalue weighted by molar-refractivity contribution is 7.99. The fourth-order valence-corrected chi connectivity index (χ4v) is 3.75. The topological polar surface area (TPSA) is 83.6 Å². The van der Waals surface area contributed by atoms with Crippen molar-refractivity contribution in [2.75, 3.05) is 11.1 Å². The van der Waals surface area contributed by atoms with Crippen LogP contribution in [0.2, 0.25) is 0 Å². The predicted octanol–water partition coefficient (Wildman–Crippen LogP) is 4.12. The first-order valence-corrected chi connectivity index (χ1v) is 9.80. The number of imidazole rings is 1. The van der Waals surface area contributed by atoms with Crippen molar-refractivity contribution in [3.8, 4) is 11.4 Å². The minimum atomic E-state index is -0.0903. The van der Waals surface area contributed by atoms with Gasteiger partial charge in [0, 0.05) is 17.1 Å². The molecule has 26 heavy (non-hydrogen) atoms. The number of fused-ring (bicyclic) bond motifs is 1. The highest BCUT2D eigenvalue weighted by atomic mass is 32.2. The van der Waals surface area contributed by atoms with Crippen LogP contribution in [-0.4, -0.2) is 31.6 Å². The standard InChI is InChI=1S/C18H15N5OS2/c1-11-9-26-18(20-11)23-15(24)10-25-16-7-6-12(8-19-16)17-21-13-4-2-3-5-14(13)22-17/h2-9H,10H2,1H3,(H,21,22)(H,20,23,24). The lowest BCUT2D eigenvalue weighted by molar-refractivity contribution is -0.113. The van der Waals surface area contributed by atoms with Gasteiger partial charge < -0.3 is 10.3 Å². The second kappa shape index (κ2) is 7.27. The maximum atomic E-state index is 12.0. The van der Waals surface area contributed by atoms with Crippen LogP contribution < -0.4 is 5.32 Å². The number of aryl methyl sites for hydroxylation is 1. The van der Waals surface area contributed by atoms with E-state index >= 15 is 0 Å². The number of benzene rings is 1. The summed E-state index contributed by atoms with van der Waals surface area (Å²) < 4.78 is 0. The molecule has 1 aromatic carbocycles. The van der Waals surface area contributed by atoms with Crippen LogP contribution in [0.3, 0.4) is 0 Å². The van der Waals surface area contributed by atoms with E-state index in [0.29, 0.717) is 5.13 Å². The van der Waals surface area contributed by atoms with Crippen LogP contribution in [0.4, 0.5) is 5.13 Å². The Morgan fingerprint density at radius 1 is 1.23 bits per heavy atom. The van der Waals surface area contributed by atoms with Crippen molar-refractivity contribution in [2.45, 2.75) is 11.9 Å². The van der Waals surface area contributed by atoms with E-state index in [-0.39, 0.29) is 11.7 Å². The Labute approximate surface area is 158 Å². The molecule has 4 aromatic rings. The lowest BCUT2D eigenvalue weighted by atomic mass is 10.3. The molecule has 6 nitrogen and oxygen atoms in total. The number of amides is 1. The number of anilines is 1. The number of carbonyl (C=O) groups excluding carboxylic acids is 1. The average molecular weight is 381 g/mol. The lowest BCUT2D eigenvalue weighted by Gasteiger charge is -2.02. The zero-order chi connectivity index (χ0) is 17.9. The molecule has 0 atom stereocenters. The fourth-order valence-electron chi connectivity index (χ4n) is 2.40. The SMILES string of the molecule is Cc1csc(NC(=O)CSc2ccc(-c3nc4ccccc4[nH]3)cn2)n1. The van der Waals surface area contributed by atoms with E-state index < -0.39 is 0 Å². The van der Waals surface area contributed by atoms with Crippen molar-refractivity contribution < 1.29 is 4.79 Å². The molecular weight excluding hydrogens is 366 g/mol. The number of H-pyrrole nitrogens is 1. The lowest BCUT2D eigenvalue weighted by Crippen LogP contribution is -2.13. The number of nitrogens with zero attached hydrogens (tertiary/aromatic N) is 3. The van der Waals surface area contributed by atoms with Gasteiger partial charge in [-0.1, -0.05) is 23.9 Å². The van der Waals surface area contributed by atoms with Gasteiger partial charge in [-0.25, -0.2) is 15.0 Å². The van der Waals surface area contributed by atoms with E-state index in [9.17, 15) is 4.79 Å². The Kier molecular flexibility index (Phi) is 4.68. The highest BCUT2D eigenvalue weighted by Crippen LogP contribution is 2.23. The molecule has 0 aliphatic carbocycles. The first-order chi connectivity index (χ1) is 12.7. The molecule has 0 aliphatic rings. The number of para-hydroxylation sites is 2. The van der Waals surface area contributed by atoms with Gasteiger partial charge in [0.1, 0.15) is 5.82 Å². The largest absolute Gasteiger partial charge is 0.338 e. The molecule has 0 bridgehead atoms. The Hall–Kier alpha value is -2.71. The monoisotopic (exact) mass is 381 g/mol. The summed E-state index contributed by atoms with van der Waals surface area (Å²) in [4.78, 5) is 28.5. The third-order valence-electron chi connectivity index (χ3n) is 3.62. The molecule has 0 spiro atoms. The Balaban J connectivity index is 1.39. The quantitative estimate of drug-likeness (QED) is 0.508. The van der Waals surface area contributed by atoms with E-state index in [0.717, 1.165) is 33.1 Å². The summed E-state index contributed by atoms with van der Waals surface area (Å²) in [7, 11) is 0. The molecule has 0 unspecified atom stereocenters. The molecular formula is C18H15N5OS2. The van der Waals surface area contributed by atoms with E-state index in [2.05, 4.69) is 25.3 Å². The number of aromatic nitrogens is 4. The van der Waals surface area contributed by atoms with Gasteiger partial charge in [0.05, 0.1) is 27.5 Å². The van der Waals surface area contributed by atoms with E-state index in [4.69, 9.17) is 0 Å². The zero-order valence-electron chi connectivity index (χ0n) is 13.9. The molecule has 3 heterocycles. The van der Waals surface area contributed by atoms with Gasteiger partial charge in [0.2, 0.25) is 5.91 Å². The number of thiazole rings is 1. The van der Waals surface area contributed by atoms with E-state index in [1.54, 1.807) is 6.20 Å². The maximum Gasteiger partial charge on any atom is 0.236 e. The third kappa shape index (κ3) is 3.76. The molecule has 0 saturated heterocycles. The average Bonchev–Trinajstić information content (AvgIpc) is 3.26. The summed E-state index contributed by atoms with van der Waals surface area (Å²) in [6.45, 7) is 1.90. The van der Waals surface area contributed by atoms with Gasteiger partial charge in [-0.2, -0.15) is 0 Å². The third-order valence-corrected chi connectivity index (χ3v) is 5.44. The van der Waals surface area contributed by atoms with Crippen LogP contribution in [0.5, 0.6) is 0 Å². The molecule has 3 aromatic heterocycles. The van der Waals surface area contributed by atoms with Crippen LogP contribution in [0.1, 0.15) is 5.69 Å². The van der Waals surface area contributed by atoms with Crippen molar-refractivity contribution in [3.05, 3.63) is 53.7 Å². The second-order valence-electron chi connectivity index (χ2n) is 5.62. The minimum absolute atomic E-state index is 0.0903. The molecule has 2 N–H and O–H groups in total. The van der Waals surface area contributed by atoms with Crippen molar-refractivity contribution in [1.82, 2.24) is 19.9 Å². The Morgan fingerprint density at radius 2 is 2.12 bits per heavy atom. The maximum absolute atomic E-state index is 12.0. The van der Waals surface area contributed by atoms with Crippen molar-refractivity contribution in [2.24, 2.45) is 0 Å². The van der Waals surface area contributed by atoms with Gasteiger partial charge in [-0.05, 0) is 31.2 Å². The molecule has 0 aliphatic heterocycles. The van der Waals surface area contributed by atoms with Gasteiger partial charge in [0.15, 0.2) is 5.13 Å². The summed E-state index contributed by atoms with van der Waals surface area (Å²) >= 11 is 2.81. The first-order valence-electron chi connectivity index (χ1n) is 7.93. The predicted molar refractivity (Wildman–Crippen MR) is 106 cm³/mol. The Bertz CT molecular complexity index is 1020. The van der Waals surface area contributed by atoms with Crippen LogP contribution in [0.25, 0.3) is 22.4 Å². The van der Waals surface area contributed by atoms with E-state index in [1.807, 2.05) is 48.7 Å².